The summed E-state index contributed by atoms with van der Waals surface area (Å²) in [5.41, 5.74) is 1.09. The lowest BCUT2D eigenvalue weighted by atomic mass is 9.95. The Bertz CT molecular complexity index is 1460. The molecule has 0 aliphatic carbocycles. The smallest absolute Gasteiger partial charge is 0.350 e. The Morgan fingerprint density at radius 1 is 1.20 bits per heavy atom. The number of carbonyl (C=O) groups excluding carboxylic acids is 3. The molecule has 1 atom stereocenters. The first-order chi connectivity index (χ1) is 19.3. The zero-order valence-electron chi connectivity index (χ0n) is 22.2. The number of rotatable bonds is 11. The number of esters is 1. The van der Waals surface area contributed by atoms with Gasteiger partial charge in [-0.2, -0.15) is 0 Å². The molecule has 4 rings (SSSR count). The predicted molar refractivity (Wildman–Crippen MR) is 155 cm³/mol. The van der Waals surface area contributed by atoms with Crippen LogP contribution < -0.4 is 9.64 Å². The van der Waals surface area contributed by atoms with Crippen molar-refractivity contribution in [3.8, 4) is 5.75 Å². The maximum atomic E-state index is 13.5. The Hall–Kier alpha value is -3.95. The topological polar surface area (TPSA) is 106 Å². The molecule has 1 aliphatic rings. The number of hydrogen-bond donors (Lipinski definition) is 1. The van der Waals surface area contributed by atoms with Crippen LogP contribution in [0.1, 0.15) is 58.7 Å². The van der Waals surface area contributed by atoms with Gasteiger partial charge in [-0.15, -0.1) is 0 Å². The van der Waals surface area contributed by atoms with E-state index in [-0.39, 0.29) is 27.9 Å². The highest BCUT2D eigenvalue weighted by atomic mass is 35.5. The summed E-state index contributed by atoms with van der Waals surface area (Å²) >= 11 is 6.95. The predicted octanol–water partition coefficient (Wildman–Crippen LogP) is 6.64. The number of hydrogen-bond acceptors (Lipinski definition) is 8. The molecule has 0 saturated carbocycles. The third-order valence-corrected chi connectivity index (χ3v) is 7.65. The molecule has 1 aliphatic heterocycles. The van der Waals surface area contributed by atoms with Crippen LogP contribution in [0, 0.1) is 6.92 Å². The number of aromatic nitrogens is 1. The molecule has 8 nitrogen and oxygen atoms in total. The summed E-state index contributed by atoms with van der Waals surface area (Å²) < 4.78 is 11.1. The average molecular weight is 581 g/mol. The number of nitrogens with zero attached hydrogens (tertiary/aromatic N) is 2. The molecule has 1 unspecified atom stereocenters. The lowest BCUT2D eigenvalue weighted by Gasteiger charge is -2.23. The van der Waals surface area contributed by atoms with Crippen molar-refractivity contribution in [1.82, 2.24) is 4.98 Å². The molecule has 1 saturated heterocycles. The fourth-order valence-electron chi connectivity index (χ4n) is 4.30. The second kappa shape index (κ2) is 12.9. The van der Waals surface area contributed by atoms with Crippen molar-refractivity contribution in [3.63, 3.8) is 0 Å². The minimum Gasteiger partial charge on any atom is -0.507 e. The number of amides is 1. The molecule has 1 N–H and O–H groups in total. The van der Waals surface area contributed by atoms with Crippen LogP contribution in [0.5, 0.6) is 5.75 Å². The molecule has 208 valence electrons. The van der Waals surface area contributed by atoms with Gasteiger partial charge in [0.25, 0.3) is 5.78 Å². The SMILES string of the molecule is C=CCOC(=O)c1sc(N2C(=O)C(=O)C(=C(O)c3ccc(Cl)cc3)C2c2cccc(OCCCCC)c2)nc1C. The molecule has 0 bridgehead atoms. The van der Waals surface area contributed by atoms with Gasteiger partial charge in [-0.3, -0.25) is 14.5 Å². The third-order valence-electron chi connectivity index (χ3n) is 6.26. The summed E-state index contributed by atoms with van der Waals surface area (Å²) in [7, 11) is 0. The van der Waals surface area contributed by atoms with Crippen molar-refractivity contribution in [1.29, 1.82) is 0 Å². The fourth-order valence-corrected chi connectivity index (χ4v) is 5.41. The van der Waals surface area contributed by atoms with Crippen molar-refractivity contribution in [2.75, 3.05) is 18.1 Å². The highest BCUT2D eigenvalue weighted by Crippen LogP contribution is 2.44. The Labute approximate surface area is 241 Å². The number of ether oxygens (including phenoxy) is 2. The van der Waals surface area contributed by atoms with E-state index in [9.17, 15) is 19.5 Å². The molecule has 10 heteroatoms. The Kier molecular flexibility index (Phi) is 9.39. The largest absolute Gasteiger partial charge is 0.507 e. The zero-order chi connectivity index (χ0) is 28.8. The average Bonchev–Trinajstić information content (AvgIpc) is 3.46. The third kappa shape index (κ3) is 6.11. The van der Waals surface area contributed by atoms with Gasteiger partial charge in [0, 0.05) is 10.6 Å². The van der Waals surface area contributed by atoms with Crippen LogP contribution in [-0.2, 0) is 14.3 Å². The van der Waals surface area contributed by atoms with Gasteiger partial charge >= 0.3 is 11.9 Å². The summed E-state index contributed by atoms with van der Waals surface area (Å²) in [5, 5.41) is 11.9. The van der Waals surface area contributed by atoms with Gasteiger partial charge in [0.15, 0.2) is 5.13 Å². The van der Waals surface area contributed by atoms with Crippen molar-refractivity contribution in [3.05, 3.63) is 93.5 Å². The number of thiazole rings is 1. The molecule has 40 heavy (non-hydrogen) atoms. The van der Waals surface area contributed by atoms with E-state index in [4.69, 9.17) is 21.1 Å². The van der Waals surface area contributed by atoms with Crippen LogP contribution >= 0.6 is 22.9 Å². The number of carbonyl (C=O) groups is 3. The lowest BCUT2D eigenvalue weighted by Crippen LogP contribution is -2.29. The van der Waals surface area contributed by atoms with Gasteiger partial charge in [0.05, 0.1) is 23.9 Å². The van der Waals surface area contributed by atoms with Gasteiger partial charge in [0.1, 0.15) is 23.0 Å². The zero-order valence-corrected chi connectivity index (χ0v) is 23.8. The van der Waals surface area contributed by atoms with Crippen molar-refractivity contribution >= 4 is 51.5 Å². The maximum absolute atomic E-state index is 13.5. The van der Waals surface area contributed by atoms with E-state index in [0.29, 0.717) is 34.2 Å². The summed E-state index contributed by atoms with van der Waals surface area (Å²) in [6.45, 7) is 7.80. The van der Waals surface area contributed by atoms with E-state index in [0.717, 1.165) is 30.6 Å². The second-order valence-electron chi connectivity index (χ2n) is 9.10. The van der Waals surface area contributed by atoms with E-state index in [1.165, 1.54) is 11.0 Å². The van der Waals surface area contributed by atoms with Crippen molar-refractivity contribution in [2.45, 2.75) is 39.2 Å². The monoisotopic (exact) mass is 580 g/mol. The normalized spacial score (nSPS) is 16.3. The van der Waals surface area contributed by atoms with Crippen LogP contribution in [-0.4, -0.2) is 41.0 Å². The Balaban J connectivity index is 1.83. The summed E-state index contributed by atoms with van der Waals surface area (Å²) in [6.07, 6.45) is 4.42. The number of ketones is 1. The minimum atomic E-state index is -1.03. The number of halogens is 1. The van der Waals surface area contributed by atoms with Gasteiger partial charge < -0.3 is 14.6 Å². The maximum Gasteiger partial charge on any atom is 0.350 e. The van der Waals surface area contributed by atoms with Gasteiger partial charge in [-0.25, -0.2) is 9.78 Å². The second-order valence-corrected chi connectivity index (χ2v) is 10.5. The van der Waals surface area contributed by atoms with Crippen molar-refractivity contribution in [2.24, 2.45) is 0 Å². The molecule has 0 radical (unpaired) electrons. The number of aryl methyl sites for hydroxylation is 1. The summed E-state index contributed by atoms with van der Waals surface area (Å²) in [6, 6.07) is 12.3. The molecule has 3 aromatic rings. The van der Waals surface area contributed by atoms with Crippen LogP contribution in [0.2, 0.25) is 5.02 Å². The first-order valence-corrected chi connectivity index (χ1v) is 14.0. The molecule has 2 aromatic carbocycles. The molecule has 2 heterocycles. The van der Waals surface area contributed by atoms with E-state index < -0.39 is 23.7 Å². The van der Waals surface area contributed by atoms with Gasteiger partial charge in [0.2, 0.25) is 0 Å². The Morgan fingerprint density at radius 2 is 1.95 bits per heavy atom. The number of aliphatic hydroxyl groups excluding tert-OH is 1. The number of anilines is 1. The fraction of sp³-hybridized carbons (Fsp3) is 0.267. The molecular weight excluding hydrogens is 552 g/mol. The standard InChI is InChI=1S/C30H29ClN2O6S/c1-4-6-7-16-38-22-10-8-9-20(17-22)24-23(25(34)19-11-13-21(31)14-12-19)26(35)28(36)33(24)30-32-18(3)27(40-30)29(37)39-15-5-2/h5,8-14,17,24,34H,2,4,6-7,15-16H2,1,3H3. The summed E-state index contributed by atoms with van der Waals surface area (Å²) in [5.74, 6) is -2.16. The van der Waals surface area contributed by atoms with Crippen LogP contribution in [0.4, 0.5) is 5.13 Å². The molecular formula is C30H29ClN2O6S. The number of unbranched alkanes of at least 4 members (excludes halogenated alkanes) is 2. The summed E-state index contributed by atoms with van der Waals surface area (Å²) in [4.78, 5) is 45.4. The highest BCUT2D eigenvalue weighted by molar-refractivity contribution is 7.17. The van der Waals surface area contributed by atoms with Crippen molar-refractivity contribution < 1.29 is 29.0 Å². The number of aliphatic hydroxyl groups is 1. The lowest BCUT2D eigenvalue weighted by molar-refractivity contribution is -0.132. The van der Waals surface area contributed by atoms with E-state index in [1.54, 1.807) is 55.5 Å². The number of benzene rings is 2. The van der Waals surface area contributed by atoms with Crippen LogP contribution in [0.15, 0.2) is 66.8 Å². The first kappa shape index (κ1) is 29.0. The van der Waals surface area contributed by atoms with E-state index >= 15 is 0 Å². The first-order valence-electron chi connectivity index (χ1n) is 12.8. The Morgan fingerprint density at radius 3 is 2.65 bits per heavy atom. The highest BCUT2D eigenvalue weighted by Gasteiger charge is 2.48. The minimum absolute atomic E-state index is 0.0160. The molecule has 1 fully saturated rings. The molecule has 1 aromatic heterocycles. The van der Waals surface area contributed by atoms with Gasteiger partial charge in [-0.05, 0) is 55.3 Å². The quantitative estimate of drug-likeness (QED) is 0.0676. The van der Waals surface area contributed by atoms with Crippen LogP contribution in [0.3, 0.4) is 0 Å². The number of Topliss-reactive ketones (excluding diaryl/α,β-unsaturated/α-hetero) is 1. The molecule has 0 spiro atoms. The van der Waals surface area contributed by atoms with E-state index in [1.807, 2.05) is 0 Å². The van der Waals surface area contributed by atoms with Crippen LogP contribution in [0.25, 0.3) is 5.76 Å². The van der Waals surface area contributed by atoms with Gasteiger partial charge in [-0.1, -0.05) is 67.5 Å². The van der Waals surface area contributed by atoms with E-state index in [2.05, 4.69) is 18.5 Å². The molecule has 1 amide bonds.